The molecule has 0 aliphatic rings. The minimum atomic E-state index is -0.573. The number of urea groups is 1. The van der Waals surface area contributed by atoms with Gasteiger partial charge in [0, 0.05) is 31.5 Å². The van der Waals surface area contributed by atoms with Crippen molar-refractivity contribution in [2.45, 2.75) is 12.6 Å². The van der Waals surface area contributed by atoms with Crippen molar-refractivity contribution >= 4 is 6.03 Å². The number of nitrogens with zero attached hydrogens (tertiary/aromatic N) is 2. The lowest BCUT2D eigenvalue weighted by atomic mass is 10.1. The van der Waals surface area contributed by atoms with Gasteiger partial charge in [0.25, 0.3) is 0 Å². The first kappa shape index (κ1) is 17.6. The Morgan fingerprint density at radius 1 is 1.15 bits per heavy atom. The van der Waals surface area contributed by atoms with E-state index in [1.165, 1.54) is 18.2 Å². The molecule has 26 heavy (non-hydrogen) atoms. The molecule has 1 atom stereocenters. The van der Waals surface area contributed by atoms with E-state index in [0.29, 0.717) is 17.0 Å². The quantitative estimate of drug-likeness (QED) is 0.737. The average molecular weight is 356 g/mol. The van der Waals surface area contributed by atoms with Crippen molar-refractivity contribution in [3.05, 3.63) is 89.5 Å². The molecule has 0 aliphatic heterocycles. The Bertz CT molecular complexity index is 893. The summed E-state index contributed by atoms with van der Waals surface area (Å²) in [5.74, 6) is -0.152. The van der Waals surface area contributed by atoms with Crippen LogP contribution >= 0.6 is 0 Å². The van der Waals surface area contributed by atoms with Gasteiger partial charge in [-0.1, -0.05) is 30.3 Å². The molecule has 7 heteroatoms. The van der Waals surface area contributed by atoms with Gasteiger partial charge < -0.3 is 15.2 Å². The van der Waals surface area contributed by atoms with E-state index in [4.69, 9.17) is 0 Å². The van der Waals surface area contributed by atoms with E-state index < -0.39 is 12.1 Å². The zero-order valence-electron chi connectivity index (χ0n) is 14.1. The first-order valence-corrected chi connectivity index (χ1v) is 8.05. The molecule has 2 N–H and O–H groups in total. The Labute approximate surface area is 149 Å². The van der Waals surface area contributed by atoms with Gasteiger partial charge in [0.2, 0.25) is 0 Å². The molecule has 0 fully saturated rings. The van der Waals surface area contributed by atoms with Crippen LogP contribution < -0.4 is 10.6 Å². The number of amides is 2. The molecule has 3 aromatic rings. The van der Waals surface area contributed by atoms with E-state index >= 15 is 0 Å². The molecule has 0 bridgehead atoms. The molecule has 5 nitrogen and oxygen atoms in total. The van der Waals surface area contributed by atoms with E-state index in [0.717, 1.165) is 0 Å². The van der Waals surface area contributed by atoms with Crippen LogP contribution in [0.4, 0.5) is 13.6 Å². The van der Waals surface area contributed by atoms with Gasteiger partial charge in [-0.2, -0.15) is 0 Å². The van der Waals surface area contributed by atoms with E-state index in [9.17, 15) is 13.6 Å². The fraction of sp³-hybridized carbons (Fsp3) is 0.158. The summed E-state index contributed by atoms with van der Waals surface area (Å²) >= 11 is 0. The van der Waals surface area contributed by atoms with Crippen LogP contribution in [0, 0.1) is 11.6 Å². The fourth-order valence-corrected chi connectivity index (χ4v) is 2.61. The Morgan fingerprint density at radius 2 is 1.88 bits per heavy atom. The largest absolute Gasteiger partial charge is 0.336 e. The molecule has 0 radical (unpaired) electrons. The minimum Gasteiger partial charge on any atom is -0.336 e. The van der Waals surface area contributed by atoms with Gasteiger partial charge >= 0.3 is 6.03 Å². The summed E-state index contributed by atoms with van der Waals surface area (Å²) in [6.07, 6.45) is 3.37. The zero-order valence-corrected chi connectivity index (χ0v) is 14.1. The molecular weight excluding hydrogens is 338 g/mol. The normalized spacial score (nSPS) is 11.8. The first-order valence-electron chi connectivity index (χ1n) is 8.05. The van der Waals surface area contributed by atoms with Crippen molar-refractivity contribution in [3.8, 4) is 0 Å². The lowest BCUT2D eigenvalue weighted by molar-refractivity contribution is 0.237. The monoisotopic (exact) mass is 356 g/mol. The highest BCUT2D eigenvalue weighted by atomic mass is 19.1. The van der Waals surface area contributed by atoms with Crippen LogP contribution in [0.3, 0.4) is 0 Å². The van der Waals surface area contributed by atoms with Crippen molar-refractivity contribution in [1.82, 2.24) is 20.2 Å². The van der Waals surface area contributed by atoms with Gasteiger partial charge in [0.1, 0.15) is 23.5 Å². The molecule has 0 saturated heterocycles. The third kappa shape index (κ3) is 4.05. The summed E-state index contributed by atoms with van der Waals surface area (Å²) in [6.45, 7) is 0.0508. The molecule has 0 spiro atoms. The molecule has 1 heterocycles. The van der Waals surface area contributed by atoms with Gasteiger partial charge in [-0.3, -0.25) is 0 Å². The van der Waals surface area contributed by atoms with Gasteiger partial charge in [-0.05, 0) is 23.8 Å². The first-order chi connectivity index (χ1) is 12.5. The van der Waals surface area contributed by atoms with E-state index in [2.05, 4.69) is 15.6 Å². The lowest BCUT2D eigenvalue weighted by Gasteiger charge is -2.19. The van der Waals surface area contributed by atoms with Gasteiger partial charge in [-0.25, -0.2) is 18.6 Å². The lowest BCUT2D eigenvalue weighted by Crippen LogP contribution is -2.39. The molecule has 2 aromatic carbocycles. The zero-order chi connectivity index (χ0) is 18.5. The summed E-state index contributed by atoms with van der Waals surface area (Å²) < 4.78 is 28.7. The summed E-state index contributed by atoms with van der Waals surface area (Å²) in [4.78, 5) is 16.6. The number of hydrogen-bond donors (Lipinski definition) is 2. The summed E-state index contributed by atoms with van der Waals surface area (Å²) in [6, 6.07) is 11.0. The Morgan fingerprint density at radius 3 is 2.54 bits per heavy atom. The highest BCUT2D eigenvalue weighted by molar-refractivity contribution is 5.74. The number of halogens is 2. The highest BCUT2D eigenvalue weighted by Gasteiger charge is 2.20. The molecule has 0 aliphatic carbocycles. The number of nitrogens with one attached hydrogen (secondary N) is 2. The number of aromatic nitrogens is 2. The molecule has 2 amide bonds. The third-order valence-corrected chi connectivity index (χ3v) is 3.99. The van der Waals surface area contributed by atoms with Gasteiger partial charge in [0.05, 0.1) is 0 Å². The Kier molecular flexibility index (Phi) is 5.26. The van der Waals surface area contributed by atoms with Crippen LogP contribution in [0.2, 0.25) is 0 Å². The minimum absolute atomic E-state index is 0.0508. The van der Waals surface area contributed by atoms with Gasteiger partial charge in [0.15, 0.2) is 0 Å². The molecule has 3 rings (SSSR count). The van der Waals surface area contributed by atoms with Crippen LogP contribution in [0.1, 0.15) is 23.0 Å². The van der Waals surface area contributed by atoms with Crippen molar-refractivity contribution in [1.29, 1.82) is 0 Å². The van der Waals surface area contributed by atoms with Crippen molar-refractivity contribution < 1.29 is 13.6 Å². The smallest absolute Gasteiger partial charge is 0.315 e. The summed E-state index contributed by atoms with van der Waals surface area (Å²) in [5.41, 5.74) is 1.07. The fourth-order valence-electron chi connectivity index (χ4n) is 2.61. The summed E-state index contributed by atoms with van der Waals surface area (Å²) in [5, 5.41) is 5.44. The number of hydrogen-bond acceptors (Lipinski definition) is 2. The molecule has 0 saturated carbocycles. The molecule has 1 unspecified atom stereocenters. The number of carbonyl (C=O) groups excluding carboxylic acids is 1. The third-order valence-electron chi connectivity index (χ3n) is 3.99. The molecular formula is C19H18F2N4O. The maximum absolute atomic E-state index is 13.7. The topological polar surface area (TPSA) is 59.0 Å². The standard InChI is InChI=1S/C19H18F2N4O/c1-25-11-10-22-18(25)17(13-6-8-15(20)9-7-13)24-19(26)23-12-14-4-2-3-5-16(14)21/h2-11,17H,12H2,1H3,(H2,23,24,26). The maximum Gasteiger partial charge on any atom is 0.315 e. The van der Waals surface area contributed by atoms with Crippen molar-refractivity contribution in [2.24, 2.45) is 7.05 Å². The van der Waals surface area contributed by atoms with E-state index in [-0.39, 0.29) is 18.2 Å². The Balaban J connectivity index is 1.75. The summed E-state index contributed by atoms with van der Waals surface area (Å²) in [7, 11) is 1.80. The number of carbonyl (C=O) groups is 1. The number of imidazole rings is 1. The average Bonchev–Trinajstić information content (AvgIpc) is 3.05. The second kappa shape index (κ2) is 7.77. The number of rotatable bonds is 5. The second-order valence-corrected chi connectivity index (χ2v) is 5.80. The second-order valence-electron chi connectivity index (χ2n) is 5.80. The van der Waals surface area contributed by atoms with Crippen molar-refractivity contribution in [2.75, 3.05) is 0 Å². The van der Waals surface area contributed by atoms with Gasteiger partial charge in [-0.15, -0.1) is 0 Å². The van der Waals surface area contributed by atoms with Crippen LogP contribution in [0.25, 0.3) is 0 Å². The van der Waals surface area contributed by atoms with Crippen LogP contribution in [0.5, 0.6) is 0 Å². The highest BCUT2D eigenvalue weighted by Crippen LogP contribution is 2.20. The number of benzene rings is 2. The Hall–Kier alpha value is -3.22. The van der Waals surface area contributed by atoms with Crippen LogP contribution in [-0.2, 0) is 13.6 Å². The molecule has 134 valence electrons. The molecule has 1 aromatic heterocycles. The van der Waals surface area contributed by atoms with E-state index in [1.807, 2.05) is 0 Å². The predicted molar refractivity (Wildman–Crippen MR) is 93.2 cm³/mol. The number of aryl methyl sites for hydroxylation is 1. The van der Waals surface area contributed by atoms with E-state index in [1.54, 1.807) is 54.3 Å². The van der Waals surface area contributed by atoms with Crippen LogP contribution in [-0.4, -0.2) is 15.6 Å². The van der Waals surface area contributed by atoms with Crippen LogP contribution in [0.15, 0.2) is 60.9 Å². The predicted octanol–water partition coefficient (Wildman–Crippen LogP) is 3.29. The van der Waals surface area contributed by atoms with Crippen molar-refractivity contribution in [3.63, 3.8) is 0 Å². The SMILES string of the molecule is Cn1ccnc1C(NC(=O)NCc1ccccc1F)c1ccc(F)cc1. The maximum atomic E-state index is 13.7.